The van der Waals surface area contributed by atoms with Crippen molar-refractivity contribution in [3.05, 3.63) is 95.0 Å². The van der Waals surface area contributed by atoms with E-state index >= 15 is 0 Å². The van der Waals surface area contributed by atoms with E-state index in [0.29, 0.717) is 15.9 Å². The Balaban J connectivity index is 2.04. The Kier molecular flexibility index (Phi) is 6.29. The molecule has 3 aromatic rings. The van der Waals surface area contributed by atoms with Gasteiger partial charge in [0.15, 0.2) is 12.4 Å². The van der Waals surface area contributed by atoms with E-state index < -0.39 is 15.9 Å². The molecule has 1 aromatic heterocycles. The van der Waals surface area contributed by atoms with E-state index in [1.54, 1.807) is 48.6 Å². The predicted molar refractivity (Wildman–Crippen MR) is 113 cm³/mol. The molecule has 0 saturated heterocycles. The number of sulfonamides is 1. The number of aromatic nitrogens is 1. The minimum atomic E-state index is -4.17. The van der Waals surface area contributed by atoms with Crippen LogP contribution in [0.25, 0.3) is 12.2 Å². The smallest absolute Gasteiger partial charge is 0.270 e. The van der Waals surface area contributed by atoms with Crippen molar-refractivity contribution in [3.8, 4) is 0 Å². The average molecular weight is 424 g/mol. The molecule has 0 aliphatic heterocycles. The topological polar surface area (TPSA) is 102 Å². The third kappa shape index (κ3) is 4.56. The maximum Gasteiger partial charge on any atom is 0.270 e. The van der Waals surface area contributed by atoms with E-state index in [1.165, 1.54) is 43.6 Å². The van der Waals surface area contributed by atoms with Gasteiger partial charge in [0.25, 0.3) is 10.0 Å². The van der Waals surface area contributed by atoms with Crippen LogP contribution in [0.4, 0.5) is 5.69 Å². The number of benzene rings is 2. The first-order chi connectivity index (χ1) is 14.3. The highest BCUT2D eigenvalue weighted by molar-refractivity contribution is 7.93. The van der Waals surface area contributed by atoms with Gasteiger partial charge in [0.05, 0.1) is 17.2 Å². The number of aliphatic hydroxyl groups excluding tert-OH is 1. The molecule has 154 valence electrons. The second-order valence-electron chi connectivity index (χ2n) is 6.47. The SMILES string of the molecule is CC(=O)N(c1ccccc1C=Cc1cc[n+]([O-])cc1)S(=O)(=O)c1ccc(CO)cc1. The summed E-state index contributed by atoms with van der Waals surface area (Å²) in [6, 6.07) is 15.6. The number of carbonyl (C=O) groups is 1. The fourth-order valence-corrected chi connectivity index (χ4v) is 4.33. The van der Waals surface area contributed by atoms with E-state index in [4.69, 9.17) is 0 Å². The van der Waals surface area contributed by atoms with Gasteiger partial charge in [-0.15, -0.1) is 0 Å². The van der Waals surface area contributed by atoms with Crippen LogP contribution in [-0.4, -0.2) is 19.4 Å². The van der Waals surface area contributed by atoms with Crippen molar-refractivity contribution in [1.82, 2.24) is 0 Å². The fourth-order valence-electron chi connectivity index (χ4n) is 2.88. The van der Waals surface area contributed by atoms with E-state index in [2.05, 4.69) is 0 Å². The summed E-state index contributed by atoms with van der Waals surface area (Å²) in [7, 11) is -4.17. The molecule has 1 amide bonds. The summed E-state index contributed by atoms with van der Waals surface area (Å²) < 4.78 is 27.9. The summed E-state index contributed by atoms with van der Waals surface area (Å²) in [5, 5.41) is 20.3. The first-order valence-electron chi connectivity index (χ1n) is 9.04. The Morgan fingerprint density at radius 2 is 1.67 bits per heavy atom. The number of amides is 1. The lowest BCUT2D eigenvalue weighted by Crippen LogP contribution is -2.35. The minimum absolute atomic E-state index is 0.0586. The van der Waals surface area contributed by atoms with Gasteiger partial charge in [-0.2, -0.15) is 4.73 Å². The van der Waals surface area contributed by atoms with Crippen molar-refractivity contribution < 1.29 is 23.0 Å². The van der Waals surface area contributed by atoms with Crippen molar-refractivity contribution >= 4 is 33.8 Å². The molecule has 2 aromatic carbocycles. The number of para-hydroxylation sites is 1. The van der Waals surface area contributed by atoms with Gasteiger partial charge in [0.1, 0.15) is 0 Å². The van der Waals surface area contributed by atoms with E-state index in [9.17, 15) is 23.5 Å². The van der Waals surface area contributed by atoms with Crippen LogP contribution >= 0.6 is 0 Å². The molecule has 8 heteroatoms. The summed E-state index contributed by atoms with van der Waals surface area (Å²) >= 11 is 0. The fraction of sp³-hybridized carbons (Fsp3) is 0.0909. The van der Waals surface area contributed by atoms with E-state index in [0.717, 1.165) is 9.87 Å². The zero-order valence-corrected chi connectivity index (χ0v) is 17.0. The first-order valence-corrected chi connectivity index (χ1v) is 10.5. The number of nitrogens with zero attached hydrogens (tertiary/aromatic N) is 2. The number of rotatable bonds is 6. The third-order valence-electron chi connectivity index (χ3n) is 4.37. The van der Waals surface area contributed by atoms with Gasteiger partial charge in [-0.3, -0.25) is 4.79 Å². The van der Waals surface area contributed by atoms with Crippen molar-refractivity contribution in [2.24, 2.45) is 0 Å². The normalized spacial score (nSPS) is 11.5. The molecule has 0 aliphatic rings. The van der Waals surface area contributed by atoms with Gasteiger partial charge >= 0.3 is 0 Å². The number of hydrogen-bond acceptors (Lipinski definition) is 5. The van der Waals surface area contributed by atoms with Crippen LogP contribution in [0.5, 0.6) is 0 Å². The molecule has 30 heavy (non-hydrogen) atoms. The molecule has 0 aliphatic carbocycles. The predicted octanol–water partition coefficient (Wildman–Crippen LogP) is 2.72. The molecule has 1 N–H and O–H groups in total. The van der Waals surface area contributed by atoms with Crippen LogP contribution in [0.2, 0.25) is 0 Å². The molecule has 0 radical (unpaired) electrons. The highest BCUT2D eigenvalue weighted by Gasteiger charge is 2.29. The number of hydrogen-bond donors (Lipinski definition) is 1. The summed E-state index contributed by atoms with van der Waals surface area (Å²) in [5.74, 6) is -0.658. The highest BCUT2D eigenvalue weighted by atomic mass is 32.2. The van der Waals surface area contributed by atoms with Crippen LogP contribution in [0.3, 0.4) is 0 Å². The molecule has 0 atom stereocenters. The first kappa shape index (κ1) is 21.2. The summed E-state index contributed by atoms with van der Waals surface area (Å²) in [6.07, 6.45) is 6.11. The molecule has 0 spiro atoms. The molecule has 0 unspecified atom stereocenters. The Morgan fingerprint density at radius 1 is 1.03 bits per heavy atom. The van der Waals surface area contributed by atoms with E-state index in [1.807, 2.05) is 0 Å². The molecule has 1 heterocycles. The Hall–Kier alpha value is -3.49. The van der Waals surface area contributed by atoms with Crippen LogP contribution in [-0.2, 0) is 21.4 Å². The van der Waals surface area contributed by atoms with Gasteiger partial charge in [0, 0.05) is 19.1 Å². The molecule has 0 bridgehead atoms. The molecule has 3 rings (SSSR count). The number of aliphatic hydroxyl groups is 1. The van der Waals surface area contributed by atoms with Gasteiger partial charge in [-0.05, 0) is 34.9 Å². The molecular formula is C22H20N2O5S. The maximum absolute atomic E-state index is 13.2. The monoisotopic (exact) mass is 424 g/mol. The number of pyridine rings is 1. The largest absolute Gasteiger partial charge is 0.619 e. The van der Waals surface area contributed by atoms with Gasteiger partial charge in [-0.1, -0.05) is 42.5 Å². The van der Waals surface area contributed by atoms with Crippen LogP contribution in [0, 0.1) is 5.21 Å². The maximum atomic E-state index is 13.2. The number of carbonyl (C=O) groups excluding carboxylic acids is 1. The van der Waals surface area contributed by atoms with Crippen LogP contribution in [0.1, 0.15) is 23.6 Å². The third-order valence-corrected chi connectivity index (χ3v) is 6.17. The Morgan fingerprint density at radius 3 is 2.27 bits per heavy atom. The Bertz CT molecular complexity index is 1170. The van der Waals surface area contributed by atoms with Gasteiger partial charge in [0.2, 0.25) is 5.91 Å². The van der Waals surface area contributed by atoms with Crippen molar-refractivity contribution in [3.63, 3.8) is 0 Å². The lowest BCUT2D eigenvalue weighted by atomic mass is 10.1. The summed E-state index contributed by atoms with van der Waals surface area (Å²) in [5.41, 5.74) is 2.03. The lowest BCUT2D eigenvalue weighted by molar-refractivity contribution is -0.605. The number of anilines is 1. The second-order valence-corrected chi connectivity index (χ2v) is 8.26. The zero-order valence-electron chi connectivity index (χ0n) is 16.2. The summed E-state index contributed by atoms with van der Waals surface area (Å²) in [6.45, 7) is 0.973. The van der Waals surface area contributed by atoms with Crippen LogP contribution < -0.4 is 9.04 Å². The lowest BCUT2D eigenvalue weighted by Gasteiger charge is -2.23. The standard InChI is InChI=1S/C22H20N2O5S/c1-17(26)24(30(28,29)21-10-7-19(16-25)8-11-21)22-5-3-2-4-20(22)9-6-18-12-14-23(27)15-13-18/h2-15,25H,16H2,1H3. The van der Waals surface area contributed by atoms with Crippen molar-refractivity contribution in [2.45, 2.75) is 18.4 Å². The van der Waals surface area contributed by atoms with E-state index in [-0.39, 0.29) is 17.2 Å². The van der Waals surface area contributed by atoms with Crippen LogP contribution in [0.15, 0.2) is 78.0 Å². The van der Waals surface area contributed by atoms with Gasteiger partial charge in [-0.25, -0.2) is 12.7 Å². The molecular weight excluding hydrogens is 404 g/mol. The molecule has 7 nitrogen and oxygen atoms in total. The van der Waals surface area contributed by atoms with Gasteiger partial charge < -0.3 is 10.3 Å². The zero-order chi connectivity index (χ0) is 21.7. The summed E-state index contributed by atoms with van der Waals surface area (Å²) in [4.78, 5) is 12.3. The second kappa shape index (κ2) is 8.89. The molecule has 0 fully saturated rings. The highest BCUT2D eigenvalue weighted by Crippen LogP contribution is 2.29. The average Bonchev–Trinajstić information content (AvgIpc) is 2.74. The van der Waals surface area contributed by atoms with Crippen molar-refractivity contribution in [2.75, 3.05) is 4.31 Å². The quantitative estimate of drug-likeness (QED) is 0.484. The minimum Gasteiger partial charge on any atom is -0.619 e. The Labute approximate surface area is 174 Å². The molecule has 0 saturated carbocycles. The van der Waals surface area contributed by atoms with Crippen molar-refractivity contribution in [1.29, 1.82) is 0 Å².